The molecule has 6 N–H and O–H groups in total. The van der Waals surface area contributed by atoms with E-state index < -0.39 is 15.8 Å². The Bertz CT molecular complexity index is 2210. The van der Waals surface area contributed by atoms with Gasteiger partial charge in [-0.3, -0.25) is 5.41 Å². The quantitative estimate of drug-likeness (QED) is 0.0904. The van der Waals surface area contributed by atoms with Crippen molar-refractivity contribution >= 4 is 48.9 Å². The van der Waals surface area contributed by atoms with Crippen molar-refractivity contribution < 1.29 is 23.1 Å². The van der Waals surface area contributed by atoms with Gasteiger partial charge in [0.25, 0.3) is 0 Å². The fraction of sp³-hybridized carbons (Fsp3) is 0. The molecular formula is C34H25N3O5S. The second-order valence-electron chi connectivity index (χ2n) is 9.98. The number of nitrogen functional groups attached to an aromatic ring is 2. The SMILES string of the molecule is N=C(N)c1ccc2cc(Oc3ccc(S(=O)(=O)c4ccc5ccccc5c4)cc3-c3cccc(C(=O)O)c3N)ccc2c1. The zero-order valence-electron chi connectivity index (χ0n) is 22.6. The van der Waals surface area contributed by atoms with E-state index in [-0.39, 0.29) is 32.6 Å². The van der Waals surface area contributed by atoms with Gasteiger partial charge in [-0.1, -0.05) is 60.7 Å². The van der Waals surface area contributed by atoms with Crippen molar-refractivity contribution in [3.8, 4) is 22.6 Å². The number of rotatable bonds is 7. The zero-order chi connectivity index (χ0) is 30.3. The lowest BCUT2D eigenvalue weighted by molar-refractivity contribution is 0.0698. The highest BCUT2D eigenvalue weighted by atomic mass is 32.2. The number of para-hydroxylation sites is 1. The molecule has 0 aliphatic heterocycles. The van der Waals surface area contributed by atoms with Crippen molar-refractivity contribution in [3.63, 3.8) is 0 Å². The average Bonchev–Trinajstić information content (AvgIpc) is 3.00. The highest BCUT2D eigenvalue weighted by Crippen LogP contribution is 2.40. The van der Waals surface area contributed by atoms with Crippen LogP contribution in [0.15, 0.2) is 125 Å². The van der Waals surface area contributed by atoms with Crippen molar-refractivity contribution in [1.29, 1.82) is 5.41 Å². The highest BCUT2D eigenvalue weighted by Gasteiger charge is 2.23. The number of nitrogens with one attached hydrogen (secondary N) is 1. The van der Waals surface area contributed by atoms with Crippen molar-refractivity contribution in [1.82, 2.24) is 0 Å². The minimum Gasteiger partial charge on any atom is -0.478 e. The van der Waals surface area contributed by atoms with Crippen molar-refractivity contribution in [2.75, 3.05) is 5.73 Å². The summed E-state index contributed by atoms with van der Waals surface area (Å²) in [6.07, 6.45) is 0. The molecular weight excluding hydrogens is 562 g/mol. The number of carboxylic acids is 1. The van der Waals surface area contributed by atoms with Crippen LogP contribution in [0.1, 0.15) is 15.9 Å². The van der Waals surface area contributed by atoms with E-state index in [0.717, 1.165) is 21.5 Å². The van der Waals surface area contributed by atoms with E-state index in [2.05, 4.69) is 0 Å². The van der Waals surface area contributed by atoms with Gasteiger partial charge in [0.1, 0.15) is 17.3 Å². The number of hydrogen-bond acceptors (Lipinski definition) is 6. The molecule has 0 unspecified atom stereocenters. The van der Waals surface area contributed by atoms with Gasteiger partial charge in [-0.2, -0.15) is 0 Å². The number of sulfone groups is 1. The molecule has 6 aromatic rings. The molecule has 0 atom stereocenters. The van der Waals surface area contributed by atoms with Crippen LogP contribution in [0.25, 0.3) is 32.7 Å². The van der Waals surface area contributed by atoms with E-state index in [0.29, 0.717) is 22.4 Å². The van der Waals surface area contributed by atoms with Crippen LogP contribution >= 0.6 is 0 Å². The summed E-state index contributed by atoms with van der Waals surface area (Å²) in [5, 5.41) is 20.8. The monoisotopic (exact) mass is 587 g/mol. The van der Waals surface area contributed by atoms with Crippen LogP contribution in [0.5, 0.6) is 11.5 Å². The predicted molar refractivity (Wildman–Crippen MR) is 168 cm³/mol. The van der Waals surface area contributed by atoms with Gasteiger partial charge < -0.3 is 21.3 Å². The van der Waals surface area contributed by atoms with Gasteiger partial charge >= 0.3 is 5.97 Å². The lowest BCUT2D eigenvalue weighted by atomic mass is 9.99. The molecule has 0 aliphatic carbocycles. The van der Waals surface area contributed by atoms with E-state index in [4.69, 9.17) is 21.6 Å². The number of amidine groups is 1. The van der Waals surface area contributed by atoms with Crippen LogP contribution in [-0.2, 0) is 9.84 Å². The Morgan fingerprint density at radius 3 is 2.12 bits per heavy atom. The summed E-state index contributed by atoms with van der Waals surface area (Å²) >= 11 is 0. The Morgan fingerprint density at radius 1 is 0.698 bits per heavy atom. The van der Waals surface area contributed by atoms with Gasteiger partial charge in [0.2, 0.25) is 9.84 Å². The third kappa shape index (κ3) is 5.13. The molecule has 6 rings (SSSR count). The molecule has 0 saturated heterocycles. The fourth-order valence-corrected chi connectivity index (χ4v) is 6.34. The molecule has 43 heavy (non-hydrogen) atoms. The van der Waals surface area contributed by atoms with Crippen LogP contribution in [0.4, 0.5) is 5.69 Å². The third-order valence-corrected chi connectivity index (χ3v) is 9.02. The molecule has 0 spiro atoms. The molecule has 0 bridgehead atoms. The lowest BCUT2D eigenvalue weighted by Gasteiger charge is -2.16. The number of aromatic carboxylic acids is 1. The van der Waals surface area contributed by atoms with E-state index >= 15 is 0 Å². The van der Waals surface area contributed by atoms with Crippen LogP contribution < -0.4 is 16.2 Å². The van der Waals surface area contributed by atoms with E-state index in [1.807, 2.05) is 36.4 Å². The number of carbonyl (C=O) groups is 1. The Labute approximate surface area is 247 Å². The van der Waals surface area contributed by atoms with Crippen LogP contribution in [-0.4, -0.2) is 25.3 Å². The van der Waals surface area contributed by atoms with Gasteiger partial charge in [-0.15, -0.1) is 0 Å². The summed E-state index contributed by atoms with van der Waals surface area (Å²) in [7, 11) is -3.97. The van der Waals surface area contributed by atoms with Gasteiger partial charge in [0.15, 0.2) is 0 Å². The Morgan fingerprint density at radius 2 is 1.35 bits per heavy atom. The van der Waals surface area contributed by atoms with E-state index in [1.54, 1.807) is 60.7 Å². The first-order valence-electron chi connectivity index (χ1n) is 13.2. The summed E-state index contributed by atoms with van der Waals surface area (Å²) in [5.41, 5.74) is 13.0. The first kappa shape index (κ1) is 27.5. The number of fused-ring (bicyclic) bond motifs is 2. The van der Waals surface area contributed by atoms with Crippen molar-refractivity contribution in [3.05, 3.63) is 126 Å². The summed E-state index contributed by atoms with van der Waals surface area (Å²) in [6.45, 7) is 0. The Kier molecular flexibility index (Phi) is 6.79. The van der Waals surface area contributed by atoms with Crippen LogP contribution in [0, 0.1) is 5.41 Å². The highest BCUT2D eigenvalue weighted by molar-refractivity contribution is 7.91. The first-order valence-corrected chi connectivity index (χ1v) is 14.7. The number of benzene rings is 6. The maximum absolute atomic E-state index is 13.8. The number of carboxylic acid groups (broad SMARTS) is 1. The molecule has 0 heterocycles. The minimum atomic E-state index is -3.97. The molecule has 0 amide bonds. The van der Waals surface area contributed by atoms with Gasteiger partial charge in [-0.25, -0.2) is 13.2 Å². The van der Waals surface area contributed by atoms with E-state index in [1.165, 1.54) is 18.2 Å². The van der Waals surface area contributed by atoms with E-state index in [9.17, 15) is 18.3 Å². The van der Waals surface area contributed by atoms with Crippen LogP contribution in [0.2, 0.25) is 0 Å². The number of nitrogens with two attached hydrogens (primary N) is 2. The standard InChI is InChI=1S/C34H25N3O5S/c35-32-28(6-3-7-29(32)34(38)39)30-19-27(43(40,41)26-13-11-20-4-1-2-5-21(20)18-26)14-15-31(30)42-25-12-10-22-16-24(33(36)37)9-8-23(22)17-25/h1-19H,35H2,(H3,36,37)(H,38,39). The Hall–Kier alpha value is -5.67. The van der Waals surface area contributed by atoms with Gasteiger partial charge in [0, 0.05) is 16.7 Å². The summed E-state index contributed by atoms with van der Waals surface area (Å²) in [5.74, 6) is -0.498. The van der Waals surface area contributed by atoms with Crippen molar-refractivity contribution in [2.45, 2.75) is 9.79 Å². The molecule has 212 valence electrons. The second kappa shape index (κ2) is 10.6. The van der Waals surface area contributed by atoms with Gasteiger partial charge in [0.05, 0.1) is 21.0 Å². The summed E-state index contributed by atoms with van der Waals surface area (Å²) in [6, 6.07) is 32.2. The molecule has 0 radical (unpaired) electrons. The molecule has 9 heteroatoms. The topological polar surface area (TPSA) is 157 Å². The van der Waals surface area contributed by atoms with Crippen LogP contribution in [0.3, 0.4) is 0 Å². The minimum absolute atomic E-state index is 0.000493. The first-order chi connectivity index (χ1) is 20.6. The maximum Gasteiger partial charge on any atom is 0.337 e. The number of hydrogen-bond donors (Lipinski definition) is 4. The fourth-order valence-electron chi connectivity index (χ4n) is 5.01. The average molecular weight is 588 g/mol. The Balaban J connectivity index is 1.48. The molecule has 8 nitrogen and oxygen atoms in total. The largest absolute Gasteiger partial charge is 0.478 e. The van der Waals surface area contributed by atoms with Crippen molar-refractivity contribution in [2.24, 2.45) is 5.73 Å². The smallest absolute Gasteiger partial charge is 0.337 e. The number of ether oxygens (including phenoxy) is 1. The predicted octanol–water partition coefficient (Wildman–Crippen LogP) is 6.85. The summed E-state index contributed by atoms with van der Waals surface area (Å²) < 4.78 is 33.9. The van der Waals surface area contributed by atoms with Gasteiger partial charge in [-0.05, 0) is 76.1 Å². The molecule has 6 aromatic carbocycles. The third-order valence-electron chi connectivity index (χ3n) is 7.27. The molecule has 0 aromatic heterocycles. The second-order valence-corrected chi connectivity index (χ2v) is 11.9. The summed E-state index contributed by atoms with van der Waals surface area (Å²) in [4.78, 5) is 12.0. The molecule has 0 saturated carbocycles. The molecule has 0 fully saturated rings. The normalized spacial score (nSPS) is 11.4. The molecule has 0 aliphatic rings. The maximum atomic E-state index is 13.8. The lowest BCUT2D eigenvalue weighted by Crippen LogP contribution is -2.10. The zero-order valence-corrected chi connectivity index (χ0v) is 23.4. The number of anilines is 1.